The Kier molecular flexibility index (Phi) is 4.17. The van der Waals surface area contributed by atoms with Gasteiger partial charge in [0.05, 0.1) is 5.52 Å². The molecule has 3 rings (SSSR count). The molecule has 3 N–H and O–H groups in total. The summed E-state index contributed by atoms with van der Waals surface area (Å²) in [5, 5.41) is 1.05. The summed E-state index contributed by atoms with van der Waals surface area (Å²) in [5.74, 6) is 7.49. The van der Waals surface area contributed by atoms with Gasteiger partial charge in [-0.15, -0.1) is 0 Å². The molecule has 6 nitrogen and oxygen atoms in total. The Morgan fingerprint density at radius 3 is 2.81 bits per heavy atom. The minimum Gasteiger partial charge on any atom is -0.381 e. The summed E-state index contributed by atoms with van der Waals surface area (Å²) in [4.78, 5) is 11.1. The highest BCUT2D eigenvalue weighted by Gasteiger charge is 2.18. The second-order valence-corrected chi connectivity index (χ2v) is 5.47. The highest BCUT2D eigenvalue weighted by atomic mass is 16.5. The van der Waals surface area contributed by atoms with E-state index in [1.165, 1.54) is 0 Å². The molecule has 1 aromatic heterocycles. The van der Waals surface area contributed by atoms with Gasteiger partial charge < -0.3 is 9.64 Å². The molecular weight excluding hydrogens is 266 g/mol. The van der Waals surface area contributed by atoms with Gasteiger partial charge in [0.2, 0.25) is 5.95 Å². The molecular formula is C15H21N5O. The first-order valence-electron chi connectivity index (χ1n) is 7.30. The monoisotopic (exact) mass is 287 g/mol. The average molecular weight is 287 g/mol. The molecule has 2 aromatic rings. The van der Waals surface area contributed by atoms with E-state index in [1.807, 2.05) is 24.3 Å². The second-order valence-electron chi connectivity index (χ2n) is 5.47. The Morgan fingerprint density at radius 2 is 2.05 bits per heavy atom. The van der Waals surface area contributed by atoms with Gasteiger partial charge in [-0.05, 0) is 30.9 Å². The van der Waals surface area contributed by atoms with Crippen molar-refractivity contribution >= 4 is 22.7 Å². The van der Waals surface area contributed by atoms with Crippen LogP contribution < -0.4 is 16.2 Å². The van der Waals surface area contributed by atoms with Gasteiger partial charge in [-0.3, -0.25) is 5.43 Å². The maximum Gasteiger partial charge on any atom is 0.239 e. The highest BCUT2D eigenvalue weighted by molar-refractivity contribution is 5.90. The van der Waals surface area contributed by atoms with E-state index >= 15 is 0 Å². The van der Waals surface area contributed by atoms with Crippen molar-refractivity contribution in [3.8, 4) is 0 Å². The molecule has 6 heteroatoms. The third kappa shape index (κ3) is 3.06. The number of fused-ring (bicyclic) bond motifs is 1. The van der Waals surface area contributed by atoms with Crippen LogP contribution in [0.25, 0.3) is 10.9 Å². The highest BCUT2D eigenvalue weighted by Crippen LogP contribution is 2.26. The average Bonchev–Trinajstić information content (AvgIpc) is 2.54. The summed E-state index contributed by atoms with van der Waals surface area (Å²) in [6, 6.07) is 8.00. The molecule has 0 atom stereocenters. The van der Waals surface area contributed by atoms with Crippen molar-refractivity contribution < 1.29 is 4.74 Å². The van der Waals surface area contributed by atoms with E-state index in [1.54, 1.807) is 0 Å². The van der Waals surface area contributed by atoms with Crippen molar-refractivity contribution in [2.75, 3.05) is 37.1 Å². The van der Waals surface area contributed by atoms with Crippen molar-refractivity contribution in [3.05, 3.63) is 24.3 Å². The Labute approximate surface area is 124 Å². The molecule has 1 fully saturated rings. The maximum absolute atomic E-state index is 5.48. The molecule has 0 saturated carbocycles. The van der Waals surface area contributed by atoms with E-state index in [2.05, 4.69) is 27.3 Å². The Morgan fingerprint density at radius 1 is 1.29 bits per heavy atom. The zero-order valence-corrected chi connectivity index (χ0v) is 12.2. The molecule has 21 heavy (non-hydrogen) atoms. The predicted octanol–water partition coefficient (Wildman–Crippen LogP) is 1.78. The number of nitrogens with two attached hydrogens (primary N) is 1. The quantitative estimate of drug-likeness (QED) is 0.659. The van der Waals surface area contributed by atoms with Crippen LogP contribution in [0, 0.1) is 5.92 Å². The lowest BCUT2D eigenvalue weighted by atomic mass is 10.00. The van der Waals surface area contributed by atoms with Gasteiger partial charge in [-0.2, -0.15) is 4.98 Å². The Bertz CT molecular complexity index is 612. The topological polar surface area (TPSA) is 76.3 Å². The zero-order chi connectivity index (χ0) is 14.7. The van der Waals surface area contributed by atoms with Crippen LogP contribution in [0.5, 0.6) is 0 Å². The molecule has 1 aromatic carbocycles. The number of anilines is 2. The summed E-state index contributed by atoms with van der Waals surface area (Å²) >= 11 is 0. The third-order valence-electron chi connectivity index (χ3n) is 3.95. The number of hydrogen-bond donors (Lipinski definition) is 2. The SMILES string of the molecule is CN(CC1CCOCC1)c1nc(NN)nc2ccccc12. The molecule has 1 aliphatic rings. The van der Waals surface area contributed by atoms with E-state index in [4.69, 9.17) is 10.6 Å². The lowest BCUT2D eigenvalue weighted by Crippen LogP contribution is -2.30. The van der Waals surface area contributed by atoms with E-state index in [0.29, 0.717) is 11.9 Å². The lowest BCUT2D eigenvalue weighted by molar-refractivity contribution is 0.0685. The number of hydrogen-bond acceptors (Lipinski definition) is 6. The molecule has 0 unspecified atom stereocenters. The molecule has 0 spiro atoms. The van der Waals surface area contributed by atoms with Crippen molar-refractivity contribution in [1.82, 2.24) is 9.97 Å². The van der Waals surface area contributed by atoms with E-state index in [-0.39, 0.29) is 0 Å². The summed E-state index contributed by atoms with van der Waals surface area (Å²) < 4.78 is 5.42. The minimum atomic E-state index is 0.447. The van der Waals surface area contributed by atoms with E-state index in [0.717, 1.165) is 49.3 Å². The van der Waals surface area contributed by atoms with Gasteiger partial charge in [0.1, 0.15) is 5.82 Å². The van der Waals surface area contributed by atoms with Crippen LogP contribution >= 0.6 is 0 Å². The fourth-order valence-electron chi connectivity index (χ4n) is 2.82. The number of nitrogen functional groups attached to an aromatic ring is 1. The van der Waals surface area contributed by atoms with Crippen LogP contribution in [0.1, 0.15) is 12.8 Å². The number of para-hydroxylation sites is 1. The third-order valence-corrected chi connectivity index (χ3v) is 3.95. The summed E-state index contributed by atoms with van der Waals surface area (Å²) in [6.45, 7) is 2.69. The number of nitrogens with zero attached hydrogens (tertiary/aromatic N) is 3. The molecule has 0 bridgehead atoms. The van der Waals surface area contributed by atoms with Gasteiger partial charge in [0.15, 0.2) is 0 Å². The van der Waals surface area contributed by atoms with Gasteiger partial charge in [0.25, 0.3) is 0 Å². The number of aromatic nitrogens is 2. The molecule has 1 saturated heterocycles. The fraction of sp³-hybridized carbons (Fsp3) is 0.467. The van der Waals surface area contributed by atoms with E-state index in [9.17, 15) is 0 Å². The zero-order valence-electron chi connectivity index (χ0n) is 12.2. The molecule has 0 radical (unpaired) electrons. The minimum absolute atomic E-state index is 0.447. The molecule has 0 amide bonds. The van der Waals surface area contributed by atoms with Crippen LogP contribution in [-0.2, 0) is 4.74 Å². The standard InChI is InChI=1S/C15H21N5O/c1-20(10-11-6-8-21-9-7-11)14-12-4-2-3-5-13(12)17-15(18-14)19-16/h2-5,11H,6-10,16H2,1H3,(H,17,18,19). The van der Waals surface area contributed by atoms with Crippen molar-refractivity contribution in [2.24, 2.45) is 11.8 Å². The van der Waals surface area contributed by atoms with Gasteiger partial charge in [0, 0.05) is 32.2 Å². The maximum atomic E-state index is 5.48. The number of rotatable bonds is 4. The number of benzene rings is 1. The first kappa shape index (κ1) is 14.0. The Hall–Kier alpha value is -1.92. The molecule has 112 valence electrons. The Balaban J connectivity index is 1.90. The van der Waals surface area contributed by atoms with Crippen LogP contribution in [0.3, 0.4) is 0 Å². The van der Waals surface area contributed by atoms with Crippen LogP contribution in [0.4, 0.5) is 11.8 Å². The summed E-state index contributed by atoms with van der Waals surface area (Å²) in [5.41, 5.74) is 3.45. The smallest absolute Gasteiger partial charge is 0.239 e. The van der Waals surface area contributed by atoms with E-state index < -0.39 is 0 Å². The lowest BCUT2D eigenvalue weighted by Gasteiger charge is -2.28. The predicted molar refractivity (Wildman–Crippen MR) is 84.2 cm³/mol. The van der Waals surface area contributed by atoms with Gasteiger partial charge in [-0.25, -0.2) is 10.8 Å². The van der Waals surface area contributed by atoms with Gasteiger partial charge >= 0.3 is 0 Å². The van der Waals surface area contributed by atoms with Crippen molar-refractivity contribution in [1.29, 1.82) is 0 Å². The second kappa shape index (κ2) is 6.24. The normalized spacial score (nSPS) is 16.1. The van der Waals surface area contributed by atoms with Crippen LogP contribution in [-0.4, -0.2) is 36.8 Å². The van der Waals surface area contributed by atoms with Crippen LogP contribution in [0.2, 0.25) is 0 Å². The number of hydrazine groups is 1. The van der Waals surface area contributed by atoms with Gasteiger partial charge in [-0.1, -0.05) is 12.1 Å². The molecule has 1 aliphatic heterocycles. The number of nitrogens with one attached hydrogen (secondary N) is 1. The largest absolute Gasteiger partial charge is 0.381 e. The molecule has 0 aliphatic carbocycles. The summed E-state index contributed by atoms with van der Waals surface area (Å²) in [6.07, 6.45) is 2.21. The summed E-state index contributed by atoms with van der Waals surface area (Å²) in [7, 11) is 2.07. The molecule has 2 heterocycles. The van der Waals surface area contributed by atoms with Crippen molar-refractivity contribution in [2.45, 2.75) is 12.8 Å². The van der Waals surface area contributed by atoms with Crippen LogP contribution in [0.15, 0.2) is 24.3 Å². The van der Waals surface area contributed by atoms with Crippen molar-refractivity contribution in [3.63, 3.8) is 0 Å². The fourth-order valence-corrected chi connectivity index (χ4v) is 2.82. The first-order chi connectivity index (χ1) is 10.3. The first-order valence-corrected chi connectivity index (χ1v) is 7.30. The number of ether oxygens (including phenoxy) is 1.